The van der Waals surface area contributed by atoms with Crippen molar-refractivity contribution in [2.45, 2.75) is 13.0 Å². The van der Waals surface area contributed by atoms with Crippen LogP contribution in [0.5, 0.6) is 0 Å². The van der Waals surface area contributed by atoms with Crippen LogP contribution in [-0.4, -0.2) is 42.6 Å². The second-order valence-electron chi connectivity index (χ2n) is 3.58. The summed E-state index contributed by atoms with van der Waals surface area (Å²) in [5, 5.41) is 14.4. The van der Waals surface area contributed by atoms with Gasteiger partial charge in [0.25, 0.3) is 5.91 Å². The van der Waals surface area contributed by atoms with Crippen molar-refractivity contribution < 1.29 is 24.2 Å². The number of amides is 2. The molecule has 1 aromatic rings. The van der Waals surface area contributed by atoms with Gasteiger partial charge in [-0.15, -0.1) is 11.3 Å². The molecular formula is C11H14N2O5S. The number of carbonyl (C=O) groups excluding carboxylic acids is 3. The van der Waals surface area contributed by atoms with E-state index in [1.165, 1.54) is 13.0 Å². The van der Waals surface area contributed by atoms with Gasteiger partial charge in [0, 0.05) is 6.92 Å². The van der Waals surface area contributed by atoms with E-state index in [0.717, 1.165) is 18.4 Å². The summed E-state index contributed by atoms with van der Waals surface area (Å²) in [7, 11) is 1.16. The molecule has 1 unspecified atom stereocenters. The van der Waals surface area contributed by atoms with E-state index in [4.69, 9.17) is 5.11 Å². The number of aliphatic hydroxyl groups is 1. The molecule has 2 amide bonds. The lowest BCUT2D eigenvalue weighted by Gasteiger charge is -2.12. The minimum absolute atomic E-state index is 0.239. The van der Waals surface area contributed by atoms with Gasteiger partial charge in [-0.3, -0.25) is 9.59 Å². The first-order valence-corrected chi connectivity index (χ1v) is 6.16. The zero-order valence-electron chi connectivity index (χ0n) is 10.4. The molecule has 0 radical (unpaired) electrons. The number of thiophene rings is 1. The first-order chi connectivity index (χ1) is 8.97. The van der Waals surface area contributed by atoms with Crippen molar-refractivity contribution in [3.63, 3.8) is 0 Å². The number of ether oxygens (including phenoxy) is 1. The van der Waals surface area contributed by atoms with Crippen molar-refractivity contribution >= 4 is 34.1 Å². The van der Waals surface area contributed by atoms with Gasteiger partial charge in [0.1, 0.15) is 0 Å². The van der Waals surface area contributed by atoms with Crippen LogP contribution < -0.4 is 10.6 Å². The minimum Gasteiger partial charge on any atom is -0.467 e. The molecule has 0 aromatic carbocycles. The normalized spacial score (nSPS) is 11.5. The second-order valence-corrected chi connectivity index (χ2v) is 4.66. The molecule has 1 heterocycles. The van der Waals surface area contributed by atoms with Gasteiger partial charge in [0.05, 0.1) is 23.6 Å². The quantitative estimate of drug-likeness (QED) is 0.659. The number of hydrogen-bond acceptors (Lipinski definition) is 6. The largest absolute Gasteiger partial charge is 0.467 e. The first kappa shape index (κ1) is 15.1. The van der Waals surface area contributed by atoms with Crippen LogP contribution in [0.1, 0.15) is 16.6 Å². The van der Waals surface area contributed by atoms with E-state index in [1.807, 2.05) is 0 Å². The summed E-state index contributed by atoms with van der Waals surface area (Å²) in [6, 6.07) is 1.98. The Balaban J connectivity index is 2.69. The summed E-state index contributed by atoms with van der Waals surface area (Å²) in [6.45, 7) is 0.806. The number of aliphatic hydroxyl groups excluding tert-OH is 1. The summed E-state index contributed by atoms with van der Waals surface area (Å²) < 4.78 is 4.43. The van der Waals surface area contributed by atoms with Gasteiger partial charge in [-0.05, 0) is 12.1 Å². The van der Waals surface area contributed by atoms with Gasteiger partial charge in [-0.1, -0.05) is 0 Å². The molecule has 1 atom stereocenters. The molecular weight excluding hydrogens is 272 g/mol. The maximum absolute atomic E-state index is 11.8. The van der Waals surface area contributed by atoms with Crippen LogP contribution in [0.15, 0.2) is 12.1 Å². The molecule has 7 nitrogen and oxygen atoms in total. The number of rotatable bonds is 5. The first-order valence-electron chi connectivity index (χ1n) is 5.35. The summed E-state index contributed by atoms with van der Waals surface area (Å²) in [5.74, 6) is -1.49. The van der Waals surface area contributed by atoms with Gasteiger partial charge in [-0.25, -0.2) is 4.79 Å². The number of nitrogens with one attached hydrogen (secondary N) is 2. The van der Waals surface area contributed by atoms with E-state index in [1.54, 1.807) is 6.07 Å². The Kier molecular flexibility index (Phi) is 5.46. The molecule has 0 fully saturated rings. The van der Waals surface area contributed by atoms with Crippen LogP contribution >= 0.6 is 11.3 Å². The van der Waals surface area contributed by atoms with E-state index >= 15 is 0 Å². The third-order valence-electron chi connectivity index (χ3n) is 2.10. The zero-order valence-corrected chi connectivity index (χ0v) is 11.2. The summed E-state index contributed by atoms with van der Waals surface area (Å²) in [6.07, 6.45) is 0. The average molecular weight is 286 g/mol. The van der Waals surface area contributed by atoms with E-state index in [9.17, 15) is 14.4 Å². The fourth-order valence-corrected chi connectivity index (χ4v) is 2.11. The molecule has 104 valence electrons. The highest BCUT2D eigenvalue weighted by molar-refractivity contribution is 7.18. The molecule has 1 aromatic heterocycles. The van der Waals surface area contributed by atoms with Gasteiger partial charge in [0.15, 0.2) is 6.04 Å². The number of methoxy groups -OCH3 is 1. The van der Waals surface area contributed by atoms with Crippen molar-refractivity contribution in [2.24, 2.45) is 0 Å². The van der Waals surface area contributed by atoms with E-state index in [-0.39, 0.29) is 5.91 Å². The number of carbonyl (C=O) groups is 3. The molecule has 0 saturated heterocycles. The lowest BCUT2D eigenvalue weighted by atomic mass is 10.3. The topological polar surface area (TPSA) is 105 Å². The summed E-state index contributed by atoms with van der Waals surface area (Å²) >= 11 is 1.06. The Labute approximate surface area is 113 Å². The molecule has 0 bridgehead atoms. The van der Waals surface area contributed by atoms with Gasteiger partial charge in [0.2, 0.25) is 5.91 Å². The van der Waals surface area contributed by atoms with Gasteiger partial charge in [-0.2, -0.15) is 0 Å². The van der Waals surface area contributed by atoms with Crippen LogP contribution in [0.4, 0.5) is 5.00 Å². The van der Waals surface area contributed by atoms with Crippen molar-refractivity contribution in [1.29, 1.82) is 0 Å². The monoisotopic (exact) mass is 286 g/mol. The van der Waals surface area contributed by atoms with Crippen molar-refractivity contribution in [2.75, 3.05) is 19.0 Å². The third kappa shape index (κ3) is 4.34. The smallest absolute Gasteiger partial charge is 0.330 e. The number of esters is 1. The molecule has 3 N–H and O–H groups in total. The summed E-state index contributed by atoms with van der Waals surface area (Å²) in [5.41, 5.74) is 0. The summed E-state index contributed by atoms with van der Waals surface area (Å²) in [4.78, 5) is 34.2. The maximum atomic E-state index is 11.8. The average Bonchev–Trinajstić information content (AvgIpc) is 2.82. The highest BCUT2D eigenvalue weighted by Crippen LogP contribution is 2.21. The van der Waals surface area contributed by atoms with Crippen molar-refractivity contribution in [3.05, 3.63) is 17.0 Å². The van der Waals surface area contributed by atoms with Crippen LogP contribution in [0, 0.1) is 0 Å². The van der Waals surface area contributed by atoms with Gasteiger partial charge >= 0.3 is 5.97 Å². The predicted molar refractivity (Wildman–Crippen MR) is 69.0 cm³/mol. The molecule has 0 aliphatic rings. The Morgan fingerprint density at radius 1 is 1.42 bits per heavy atom. The Hall–Kier alpha value is -1.93. The minimum atomic E-state index is -1.11. The molecule has 0 saturated carbocycles. The molecule has 8 heteroatoms. The number of anilines is 1. The van der Waals surface area contributed by atoms with E-state index < -0.39 is 24.5 Å². The van der Waals surface area contributed by atoms with Crippen LogP contribution in [0.25, 0.3) is 0 Å². The predicted octanol–water partition coefficient (Wildman–Crippen LogP) is -0.0298. The van der Waals surface area contributed by atoms with Crippen LogP contribution in [-0.2, 0) is 14.3 Å². The van der Waals surface area contributed by atoms with Crippen LogP contribution in [0.3, 0.4) is 0 Å². The Bertz CT molecular complexity index is 485. The fraction of sp³-hybridized carbons (Fsp3) is 0.364. The molecule has 0 spiro atoms. The lowest BCUT2D eigenvalue weighted by Crippen LogP contribution is -2.43. The molecule has 19 heavy (non-hydrogen) atoms. The fourth-order valence-electron chi connectivity index (χ4n) is 1.25. The van der Waals surface area contributed by atoms with Crippen molar-refractivity contribution in [1.82, 2.24) is 5.32 Å². The lowest BCUT2D eigenvalue weighted by molar-refractivity contribution is -0.143. The standard InChI is InChI=1S/C11H14N2O5S/c1-6(15)12-9-4-3-8(19-9)10(16)13-7(5-14)11(17)18-2/h3-4,7,14H,5H2,1-2H3,(H,12,15)(H,13,16). The Morgan fingerprint density at radius 3 is 2.63 bits per heavy atom. The highest BCUT2D eigenvalue weighted by Gasteiger charge is 2.21. The molecule has 0 aliphatic carbocycles. The van der Waals surface area contributed by atoms with Crippen LogP contribution in [0.2, 0.25) is 0 Å². The van der Waals surface area contributed by atoms with Crippen molar-refractivity contribution in [3.8, 4) is 0 Å². The second kappa shape index (κ2) is 6.86. The zero-order chi connectivity index (χ0) is 14.4. The van der Waals surface area contributed by atoms with E-state index in [2.05, 4.69) is 15.4 Å². The maximum Gasteiger partial charge on any atom is 0.330 e. The third-order valence-corrected chi connectivity index (χ3v) is 3.10. The number of hydrogen-bond donors (Lipinski definition) is 3. The van der Waals surface area contributed by atoms with E-state index in [0.29, 0.717) is 9.88 Å². The Morgan fingerprint density at radius 2 is 2.11 bits per heavy atom. The SMILES string of the molecule is COC(=O)C(CO)NC(=O)c1ccc(NC(C)=O)s1. The molecule has 0 aliphatic heterocycles. The van der Waals surface area contributed by atoms with Gasteiger partial charge < -0.3 is 20.5 Å². The molecule has 1 rings (SSSR count). The highest BCUT2D eigenvalue weighted by atomic mass is 32.1.